The van der Waals surface area contributed by atoms with Gasteiger partial charge >= 0.3 is 0 Å². The van der Waals surface area contributed by atoms with Crippen molar-refractivity contribution in [2.24, 2.45) is 4.99 Å². The van der Waals surface area contributed by atoms with E-state index >= 15 is 0 Å². The molecule has 0 spiro atoms. The van der Waals surface area contributed by atoms with Crippen molar-refractivity contribution in [3.63, 3.8) is 0 Å². The predicted octanol–water partition coefficient (Wildman–Crippen LogP) is 3.26. The van der Waals surface area contributed by atoms with Crippen molar-refractivity contribution in [1.29, 1.82) is 0 Å². The Morgan fingerprint density at radius 2 is 1.67 bits per heavy atom. The van der Waals surface area contributed by atoms with Crippen LogP contribution in [0.15, 0.2) is 41.4 Å². The van der Waals surface area contributed by atoms with Gasteiger partial charge in [0.15, 0.2) is 17.5 Å². The van der Waals surface area contributed by atoms with Gasteiger partial charge in [-0.25, -0.2) is 0 Å². The third-order valence-electron chi connectivity index (χ3n) is 5.14. The molecule has 1 aliphatic heterocycles. The van der Waals surface area contributed by atoms with Gasteiger partial charge in [0.1, 0.15) is 0 Å². The second-order valence-electron chi connectivity index (χ2n) is 6.89. The van der Waals surface area contributed by atoms with Gasteiger partial charge in [-0.05, 0) is 35.9 Å². The largest absolute Gasteiger partial charge is 0.493 e. The quantitative estimate of drug-likeness (QED) is 0.558. The lowest BCUT2D eigenvalue weighted by Crippen LogP contribution is -2.52. The van der Waals surface area contributed by atoms with E-state index < -0.39 is 0 Å². The first kappa shape index (κ1) is 21.9. The third kappa shape index (κ3) is 5.02. The SMILES string of the molecule is CN=C(NCc1cc(OC)c(OC)c(OC)c1)N1CCN(c2cccc(Cl)c2)CC1. The second kappa shape index (κ2) is 10.3. The van der Waals surface area contributed by atoms with E-state index in [9.17, 15) is 0 Å². The van der Waals surface area contributed by atoms with Crippen LogP contribution in [0.3, 0.4) is 0 Å². The van der Waals surface area contributed by atoms with Crippen LogP contribution >= 0.6 is 11.6 Å². The molecule has 0 aliphatic carbocycles. The molecule has 1 aliphatic rings. The maximum absolute atomic E-state index is 6.14. The van der Waals surface area contributed by atoms with Crippen LogP contribution in [-0.4, -0.2) is 65.4 Å². The van der Waals surface area contributed by atoms with E-state index in [0.29, 0.717) is 23.8 Å². The van der Waals surface area contributed by atoms with Crippen LogP contribution in [0.2, 0.25) is 5.02 Å². The molecule has 2 aromatic rings. The Balaban J connectivity index is 1.62. The van der Waals surface area contributed by atoms with E-state index in [-0.39, 0.29) is 0 Å². The first-order valence-electron chi connectivity index (χ1n) is 9.84. The molecule has 1 heterocycles. The number of benzene rings is 2. The van der Waals surface area contributed by atoms with E-state index in [1.807, 2.05) is 30.3 Å². The van der Waals surface area contributed by atoms with Crippen molar-refractivity contribution in [1.82, 2.24) is 10.2 Å². The summed E-state index contributed by atoms with van der Waals surface area (Å²) in [5.74, 6) is 2.73. The van der Waals surface area contributed by atoms with Crippen molar-refractivity contribution in [2.75, 3.05) is 59.5 Å². The number of anilines is 1. The number of hydrogen-bond donors (Lipinski definition) is 1. The highest BCUT2D eigenvalue weighted by molar-refractivity contribution is 6.30. The van der Waals surface area contributed by atoms with E-state index in [1.54, 1.807) is 28.4 Å². The maximum Gasteiger partial charge on any atom is 0.203 e. The van der Waals surface area contributed by atoms with Gasteiger partial charge in [-0.1, -0.05) is 17.7 Å². The maximum atomic E-state index is 6.14. The van der Waals surface area contributed by atoms with Crippen molar-refractivity contribution in [2.45, 2.75) is 6.54 Å². The molecular formula is C22H29ClN4O3. The molecule has 2 aromatic carbocycles. The highest BCUT2D eigenvalue weighted by atomic mass is 35.5. The summed E-state index contributed by atoms with van der Waals surface area (Å²) >= 11 is 6.14. The van der Waals surface area contributed by atoms with Crippen LogP contribution in [0.25, 0.3) is 0 Å². The van der Waals surface area contributed by atoms with Crippen molar-refractivity contribution in [3.05, 3.63) is 47.0 Å². The lowest BCUT2D eigenvalue weighted by atomic mass is 10.1. The Morgan fingerprint density at radius 1 is 1.00 bits per heavy atom. The number of piperazine rings is 1. The van der Waals surface area contributed by atoms with E-state index in [4.69, 9.17) is 25.8 Å². The minimum Gasteiger partial charge on any atom is -0.493 e. The van der Waals surface area contributed by atoms with Crippen molar-refractivity contribution in [3.8, 4) is 17.2 Å². The zero-order valence-corrected chi connectivity index (χ0v) is 18.7. The minimum absolute atomic E-state index is 0.588. The monoisotopic (exact) mass is 432 g/mol. The van der Waals surface area contributed by atoms with Crippen molar-refractivity contribution < 1.29 is 14.2 Å². The van der Waals surface area contributed by atoms with Gasteiger partial charge in [0.2, 0.25) is 5.75 Å². The molecule has 0 bridgehead atoms. The standard InChI is InChI=1S/C22H29ClN4O3/c1-24-22(25-15-16-12-19(28-2)21(30-4)20(13-16)29-3)27-10-8-26(9-11-27)18-7-5-6-17(23)14-18/h5-7,12-14H,8-11,15H2,1-4H3,(H,24,25). The molecule has 0 radical (unpaired) electrons. The molecular weight excluding hydrogens is 404 g/mol. The van der Waals surface area contributed by atoms with Gasteiger partial charge in [0.05, 0.1) is 21.3 Å². The number of guanidine groups is 1. The molecule has 1 saturated heterocycles. The molecule has 162 valence electrons. The van der Waals surface area contributed by atoms with E-state index in [1.165, 1.54) is 0 Å². The molecule has 0 unspecified atom stereocenters. The zero-order chi connectivity index (χ0) is 21.5. The molecule has 0 saturated carbocycles. The van der Waals surface area contributed by atoms with E-state index in [0.717, 1.165) is 48.4 Å². The number of rotatable bonds is 6. The van der Waals surface area contributed by atoms with Crippen LogP contribution in [0.4, 0.5) is 5.69 Å². The number of aliphatic imine (C=N–C) groups is 1. The fraction of sp³-hybridized carbons (Fsp3) is 0.409. The Labute approximate surface area is 183 Å². The lowest BCUT2D eigenvalue weighted by Gasteiger charge is -2.37. The molecule has 8 heteroatoms. The highest BCUT2D eigenvalue weighted by Crippen LogP contribution is 2.38. The normalized spacial score (nSPS) is 14.5. The average molecular weight is 433 g/mol. The van der Waals surface area contributed by atoms with Gasteiger partial charge < -0.3 is 29.3 Å². The summed E-state index contributed by atoms with van der Waals surface area (Å²) in [7, 11) is 6.64. The fourth-order valence-corrected chi connectivity index (χ4v) is 3.78. The summed E-state index contributed by atoms with van der Waals surface area (Å²) < 4.78 is 16.3. The van der Waals surface area contributed by atoms with Gasteiger partial charge in [0, 0.05) is 50.5 Å². The number of halogens is 1. The Bertz CT molecular complexity index is 857. The van der Waals surface area contributed by atoms with Crippen LogP contribution in [0.1, 0.15) is 5.56 Å². The predicted molar refractivity (Wildman–Crippen MR) is 122 cm³/mol. The second-order valence-corrected chi connectivity index (χ2v) is 7.32. The first-order valence-corrected chi connectivity index (χ1v) is 10.2. The van der Waals surface area contributed by atoms with Gasteiger partial charge in [-0.15, -0.1) is 0 Å². The first-order chi connectivity index (χ1) is 14.6. The smallest absolute Gasteiger partial charge is 0.203 e. The topological polar surface area (TPSA) is 58.6 Å². The highest BCUT2D eigenvalue weighted by Gasteiger charge is 2.20. The minimum atomic E-state index is 0.588. The summed E-state index contributed by atoms with van der Waals surface area (Å²) in [6, 6.07) is 11.9. The number of nitrogens with one attached hydrogen (secondary N) is 1. The molecule has 0 atom stereocenters. The van der Waals surface area contributed by atoms with Gasteiger partial charge in [-0.2, -0.15) is 0 Å². The Kier molecular flexibility index (Phi) is 7.52. The molecule has 1 N–H and O–H groups in total. The molecule has 7 nitrogen and oxygen atoms in total. The van der Waals surface area contributed by atoms with Crippen LogP contribution in [-0.2, 0) is 6.54 Å². The van der Waals surface area contributed by atoms with Crippen LogP contribution in [0.5, 0.6) is 17.2 Å². The molecule has 30 heavy (non-hydrogen) atoms. The van der Waals surface area contributed by atoms with Gasteiger partial charge in [0.25, 0.3) is 0 Å². The summed E-state index contributed by atoms with van der Waals surface area (Å²) in [5.41, 5.74) is 2.17. The Hall–Kier alpha value is -2.80. The average Bonchev–Trinajstić information content (AvgIpc) is 2.79. The molecule has 1 fully saturated rings. The lowest BCUT2D eigenvalue weighted by molar-refractivity contribution is 0.323. The fourth-order valence-electron chi connectivity index (χ4n) is 3.60. The van der Waals surface area contributed by atoms with Crippen LogP contribution < -0.4 is 24.4 Å². The summed E-state index contributed by atoms with van der Waals surface area (Å²) in [4.78, 5) is 9.07. The summed E-state index contributed by atoms with van der Waals surface area (Å²) in [5, 5.41) is 4.21. The van der Waals surface area contributed by atoms with Crippen molar-refractivity contribution >= 4 is 23.2 Å². The Morgan fingerprint density at radius 3 is 2.20 bits per heavy atom. The van der Waals surface area contributed by atoms with Crippen LogP contribution in [0, 0.1) is 0 Å². The van der Waals surface area contributed by atoms with E-state index in [2.05, 4.69) is 26.2 Å². The molecule has 3 rings (SSSR count). The zero-order valence-electron chi connectivity index (χ0n) is 17.9. The molecule has 0 amide bonds. The van der Waals surface area contributed by atoms with Gasteiger partial charge in [-0.3, -0.25) is 4.99 Å². The summed E-state index contributed by atoms with van der Waals surface area (Å²) in [6.45, 7) is 4.16. The number of nitrogens with zero attached hydrogens (tertiary/aromatic N) is 3. The number of methoxy groups -OCH3 is 3. The molecule has 0 aromatic heterocycles. The number of hydrogen-bond acceptors (Lipinski definition) is 5. The number of ether oxygens (including phenoxy) is 3. The summed E-state index contributed by atoms with van der Waals surface area (Å²) in [6.07, 6.45) is 0. The third-order valence-corrected chi connectivity index (χ3v) is 5.37.